The molecule has 2 N–H and O–H groups in total. The molecule has 7 heteroatoms. The van der Waals surface area contributed by atoms with E-state index in [0.29, 0.717) is 23.8 Å². The lowest BCUT2D eigenvalue weighted by molar-refractivity contribution is -0.116. The Morgan fingerprint density at radius 3 is 2.58 bits per heavy atom. The molecule has 2 amide bonds. The molecule has 4 nitrogen and oxygen atoms in total. The van der Waals surface area contributed by atoms with Gasteiger partial charge in [0.05, 0.1) is 8.66 Å². The van der Waals surface area contributed by atoms with Crippen molar-refractivity contribution in [3.63, 3.8) is 0 Å². The highest BCUT2D eigenvalue weighted by Gasteiger charge is 2.12. The number of nitrogens with one attached hydrogen (secondary N) is 2. The second kappa shape index (κ2) is 8.78. The zero-order chi connectivity index (χ0) is 17.7. The van der Waals surface area contributed by atoms with E-state index in [9.17, 15) is 9.59 Å². The molecule has 2 rings (SSSR count). The van der Waals surface area contributed by atoms with E-state index in [0.717, 1.165) is 19.5 Å². The summed E-state index contributed by atoms with van der Waals surface area (Å²) in [6, 6.07) is 9.28. The lowest BCUT2D eigenvalue weighted by Crippen LogP contribution is -2.22. The van der Waals surface area contributed by atoms with Crippen LogP contribution in [-0.2, 0) is 11.3 Å². The van der Waals surface area contributed by atoms with Gasteiger partial charge in [-0.15, -0.1) is 11.3 Å². The Bertz CT molecular complexity index is 724. The summed E-state index contributed by atoms with van der Waals surface area (Å²) >= 11 is 8.13. The first kappa shape index (κ1) is 19.1. The first-order valence-electron chi connectivity index (χ1n) is 7.47. The SMILES string of the molecule is CC(C)CC(=O)Nc1cccc(CNC(=O)c2cc(Br)c(Br)s2)c1. The maximum atomic E-state index is 12.2. The van der Waals surface area contributed by atoms with Crippen LogP contribution in [0.15, 0.2) is 38.6 Å². The molecule has 0 aliphatic rings. The molecule has 0 spiro atoms. The van der Waals surface area contributed by atoms with Crippen molar-refractivity contribution in [3.05, 3.63) is 49.0 Å². The molecule has 2 aromatic rings. The maximum Gasteiger partial charge on any atom is 0.261 e. The standard InChI is InChI=1S/C17H18Br2N2O2S/c1-10(2)6-15(22)21-12-5-3-4-11(7-12)9-20-17(23)14-8-13(18)16(19)24-14/h3-5,7-8,10H,6,9H2,1-2H3,(H,20,23)(H,21,22). The van der Waals surface area contributed by atoms with Crippen molar-refractivity contribution in [1.82, 2.24) is 5.32 Å². The number of anilines is 1. The predicted molar refractivity (Wildman–Crippen MR) is 105 cm³/mol. The van der Waals surface area contributed by atoms with Gasteiger partial charge in [0.15, 0.2) is 0 Å². The van der Waals surface area contributed by atoms with Gasteiger partial charge in [-0.1, -0.05) is 26.0 Å². The average Bonchev–Trinajstić information content (AvgIpc) is 2.84. The van der Waals surface area contributed by atoms with Gasteiger partial charge in [0.25, 0.3) is 5.91 Å². The zero-order valence-corrected chi connectivity index (χ0v) is 17.3. The minimum absolute atomic E-state index is 0.000489. The summed E-state index contributed by atoms with van der Waals surface area (Å²) in [4.78, 5) is 24.6. The first-order chi connectivity index (χ1) is 11.3. The van der Waals surface area contributed by atoms with E-state index < -0.39 is 0 Å². The van der Waals surface area contributed by atoms with Crippen molar-refractivity contribution in [2.24, 2.45) is 5.92 Å². The number of hydrogen-bond acceptors (Lipinski definition) is 3. The molecule has 1 aromatic carbocycles. The summed E-state index contributed by atoms with van der Waals surface area (Å²) in [7, 11) is 0. The Morgan fingerprint density at radius 2 is 1.96 bits per heavy atom. The van der Waals surface area contributed by atoms with Gasteiger partial charge in [-0.25, -0.2) is 0 Å². The van der Waals surface area contributed by atoms with E-state index in [1.807, 2.05) is 38.1 Å². The molecule has 0 aliphatic carbocycles. The third kappa shape index (κ3) is 5.72. The van der Waals surface area contributed by atoms with E-state index in [2.05, 4.69) is 42.5 Å². The van der Waals surface area contributed by atoms with E-state index in [1.165, 1.54) is 11.3 Å². The highest BCUT2D eigenvalue weighted by atomic mass is 79.9. The fourth-order valence-corrected chi connectivity index (χ4v) is 4.02. The van der Waals surface area contributed by atoms with Crippen molar-refractivity contribution in [2.75, 3.05) is 5.32 Å². The van der Waals surface area contributed by atoms with Gasteiger partial charge < -0.3 is 10.6 Å². The van der Waals surface area contributed by atoms with Gasteiger partial charge in [0.2, 0.25) is 5.91 Å². The Morgan fingerprint density at radius 1 is 1.21 bits per heavy atom. The number of benzene rings is 1. The maximum absolute atomic E-state index is 12.2. The van der Waals surface area contributed by atoms with Crippen molar-refractivity contribution >= 4 is 60.7 Å². The molecule has 0 unspecified atom stereocenters. The smallest absolute Gasteiger partial charge is 0.261 e. The molecule has 0 aliphatic heterocycles. The van der Waals surface area contributed by atoms with Crippen LogP contribution in [-0.4, -0.2) is 11.8 Å². The van der Waals surface area contributed by atoms with Gasteiger partial charge in [0, 0.05) is 23.1 Å². The molecule has 0 atom stereocenters. The normalized spacial score (nSPS) is 10.7. The summed E-state index contributed by atoms with van der Waals surface area (Å²) in [6.07, 6.45) is 0.489. The molecule has 24 heavy (non-hydrogen) atoms. The summed E-state index contributed by atoms with van der Waals surface area (Å²) in [5.41, 5.74) is 1.68. The molecule has 0 saturated carbocycles. The highest BCUT2D eigenvalue weighted by molar-refractivity contribution is 9.13. The van der Waals surface area contributed by atoms with Gasteiger partial charge in [-0.3, -0.25) is 9.59 Å². The zero-order valence-electron chi connectivity index (χ0n) is 13.4. The number of hydrogen-bond donors (Lipinski definition) is 2. The van der Waals surface area contributed by atoms with E-state index in [-0.39, 0.29) is 11.8 Å². The van der Waals surface area contributed by atoms with E-state index in [1.54, 1.807) is 6.07 Å². The number of carbonyl (C=O) groups excluding carboxylic acids is 2. The lowest BCUT2D eigenvalue weighted by atomic mass is 10.1. The molecule has 0 saturated heterocycles. The van der Waals surface area contributed by atoms with Crippen LogP contribution in [0.5, 0.6) is 0 Å². The quantitative estimate of drug-likeness (QED) is 0.606. The number of rotatable bonds is 6. The minimum atomic E-state index is -0.124. The van der Waals surface area contributed by atoms with Crippen LogP contribution < -0.4 is 10.6 Å². The predicted octanol–water partition coefficient (Wildman–Crippen LogP) is 5.19. The van der Waals surface area contributed by atoms with Crippen molar-refractivity contribution in [3.8, 4) is 0 Å². The van der Waals surface area contributed by atoms with Crippen LogP contribution >= 0.6 is 43.2 Å². The highest BCUT2D eigenvalue weighted by Crippen LogP contribution is 2.32. The Hall–Kier alpha value is -1.18. The topological polar surface area (TPSA) is 58.2 Å². The van der Waals surface area contributed by atoms with Crippen LogP contribution in [0.1, 0.15) is 35.5 Å². The summed E-state index contributed by atoms with van der Waals surface area (Å²) in [6.45, 7) is 4.42. The first-order valence-corrected chi connectivity index (χ1v) is 9.87. The number of thiophene rings is 1. The van der Waals surface area contributed by atoms with Crippen LogP contribution in [0.3, 0.4) is 0 Å². The number of amides is 2. The second-order valence-corrected chi connectivity index (χ2v) is 8.99. The van der Waals surface area contributed by atoms with Gasteiger partial charge in [-0.05, 0) is 61.5 Å². The average molecular weight is 474 g/mol. The third-order valence-electron chi connectivity index (χ3n) is 3.13. The largest absolute Gasteiger partial charge is 0.347 e. The van der Waals surface area contributed by atoms with Crippen LogP contribution in [0.4, 0.5) is 5.69 Å². The number of halogens is 2. The minimum Gasteiger partial charge on any atom is -0.347 e. The van der Waals surface area contributed by atoms with Crippen molar-refractivity contribution < 1.29 is 9.59 Å². The molecule has 1 heterocycles. The molecular formula is C17H18Br2N2O2S. The summed E-state index contributed by atoms with van der Waals surface area (Å²) in [5.74, 6) is 0.192. The number of carbonyl (C=O) groups is 2. The van der Waals surface area contributed by atoms with Crippen LogP contribution in [0.25, 0.3) is 0 Å². The van der Waals surface area contributed by atoms with E-state index >= 15 is 0 Å². The molecule has 128 valence electrons. The van der Waals surface area contributed by atoms with Gasteiger partial charge >= 0.3 is 0 Å². The fraction of sp³-hybridized carbons (Fsp3) is 0.294. The van der Waals surface area contributed by atoms with E-state index in [4.69, 9.17) is 0 Å². The van der Waals surface area contributed by atoms with Crippen molar-refractivity contribution in [2.45, 2.75) is 26.8 Å². The molecule has 0 radical (unpaired) electrons. The summed E-state index contributed by atoms with van der Waals surface area (Å²) in [5, 5.41) is 5.77. The Kier molecular flexibility index (Phi) is 7.01. The van der Waals surface area contributed by atoms with Crippen LogP contribution in [0, 0.1) is 5.92 Å². The van der Waals surface area contributed by atoms with Gasteiger partial charge in [0.1, 0.15) is 0 Å². The molecule has 0 bridgehead atoms. The van der Waals surface area contributed by atoms with Crippen LogP contribution in [0.2, 0.25) is 0 Å². The van der Waals surface area contributed by atoms with Crippen molar-refractivity contribution in [1.29, 1.82) is 0 Å². The molecule has 1 aromatic heterocycles. The Labute approximate surface area is 162 Å². The molecular weight excluding hydrogens is 456 g/mol. The lowest BCUT2D eigenvalue weighted by Gasteiger charge is -2.09. The second-order valence-electron chi connectivity index (χ2n) is 5.76. The van der Waals surface area contributed by atoms with Gasteiger partial charge in [-0.2, -0.15) is 0 Å². The Balaban J connectivity index is 1.94. The third-order valence-corrected chi connectivity index (χ3v) is 6.38. The molecule has 0 fully saturated rings. The summed E-state index contributed by atoms with van der Waals surface area (Å²) < 4.78 is 1.76. The monoisotopic (exact) mass is 472 g/mol. The fourth-order valence-electron chi connectivity index (χ4n) is 2.07.